The van der Waals surface area contributed by atoms with E-state index < -0.39 is 0 Å². The Balaban J connectivity index is 1.46. The molecular weight excluding hydrogens is 450 g/mol. The van der Waals surface area contributed by atoms with Crippen molar-refractivity contribution in [2.45, 2.75) is 59.3 Å². The van der Waals surface area contributed by atoms with Gasteiger partial charge >= 0.3 is 0 Å². The lowest BCUT2D eigenvalue weighted by Gasteiger charge is -2.20. The Labute approximate surface area is 215 Å². The Morgan fingerprint density at radius 1 is 0.972 bits per heavy atom. The number of ether oxygens (including phenoxy) is 1. The van der Waals surface area contributed by atoms with Crippen molar-refractivity contribution in [3.8, 4) is 17.0 Å². The molecule has 1 amide bonds. The molecule has 0 radical (unpaired) electrons. The number of rotatable bonds is 15. The molecule has 0 aliphatic carbocycles. The second-order valence-electron chi connectivity index (χ2n) is 8.77. The number of unbranched alkanes of at least 4 members (excludes halogenated alkanes) is 5. The number of hydrazone groups is 1. The molecule has 0 atom stereocenters. The van der Waals surface area contributed by atoms with E-state index in [4.69, 9.17) is 4.74 Å². The molecule has 0 aliphatic heterocycles. The van der Waals surface area contributed by atoms with Gasteiger partial charge in [-0.15, -0.1) is 0 Å². The molecule has 3 rings (SSSR count). The van der Waals surface area contributed by atoms with E-state index in [1.807, 2.05) is 36.4 Å². The van der Waals surface area contributed by atoms with Crippen LogP contribution in [0.4, 0.5) is 5.69 Å². The highest BCUT2D eigenvalue weighted by molar-refractivity contribution is 5.94. The summed E-state index contributed by atoms with van der Waals surface area (Å²) in [7, 11) is 0. The maximum atomic E-state index is 12.5. The molecule has 0 saturated heterocycles. The standard InChI is InChI=1S/C29H39N5O2/c1-4-7-8-9-10-11-20-36-26-18-14-24(15-19-26)27-21-28(32-31-27)29(35)33-30-22-23-12-16-25(17-13-23)34(5-2)6-3/h12-19,21-22H,4-11,20H2,1-3H3,(H,31,32)(H,33,35). The number of nitrogens with one attached hydrogen (secondary N) is 2. The smallest absolute Gasteiger partial charge is 0.289 e. The zero-order valence-corrected chi connectivity index (χ0v) is 21.8. The van der Waals surface area contributed by atoms with Crippen LogP contribution in [0.5, 0.6) is 5.75 Å². The van der Waals surface area contributed by atoms with Crippen molar-refractivity contribution in [2.75, 3.05) is 24.6 Å². The molecular formula is C29H39N5O2. The fourth-order valence-electron chi connectivity index (χ4n) is 3.97. The van der Waals surface area contributed by atoms with Crippen LogP contribution in [0.25, 0.3) is 11.3 Å². The van der Waals surface area contributed by atoms with Gasteiger partial charge in [0.2, 0.25) is 0 Å². The maximum Gasteiger partial charge on any atom is 0.289 e. The molecule has 0 fully saturated rings. The molecule has 1 aromatic heterocycles. The summed E-state index contributed by atoms with van der Waals surface area (Å²) < 4.78 is 5.85. The molecule has 0 saturated carbocycles. The minimum atomic E-state index is -0.344. The van der Waals surface area contributed by atoms with Gasteiger partial charge in [0.1, 0.15) is 11.4 Å². The number of benzene rings is 2. The van der Waals surface area contributed by atoms with Gasteiger partial charge in [-0.3, -0.25) is 9.89 Å². The lowest BCUT2D eigenvalue weighted by Crippen LogP contribution is -2.21. The quantitative estimate of drug-likeness (QED) is 0.146. The predicted octanol–water partition coefficient (Wildman–Crippen LogP) is 6.43. The zero-order chi connectivity index (χ0) is 25.6. The molecule has 0 spiro atoms. The van der Waals surface area contributed by atoms with Crippen LogP contribution in [-0.2, 0) is 0 Å². The molecule has 192 valence electrons. The Hall–Kier alpha value is -3.61. The number of hydrogen-bond donors (Lipinski definition) is 2. The number of carbonyl (C=O) groups excluding carboxylic acids is 1. The van der Waals surface area contributed by atoms with Crippen LogP contribution in [-0.4, -0.2) is 42.0 Å². The summed E-state index contributed by atoms with van der Waals surface area (Å²) >= 11 is 0. The number of anilines is 1. The number of nitrogens with zero attached hydrogens (tertiary/aromatic N) is 3. The highest BCUT2D eigenvalue weighted by Gasteiger charge is 2.10. The Morgan fingerprint density at radius 3 is 2.36 bits per heavy atom. The number of aromatic amines is 1. The first kappa shape index (κ1) is 27.0. The summed E-state index contributed by atoms with van der Waals surface area (Å²) in [5, 5.41) is 11.1. The number of amides is 1. The van der Waals surface area contributed by atoms with Gasteiger partial charge in [0, 0.05) is 24.3 Å². The molecule has 2 N–H and O–H groups in total. The van der Waals surface area contributed by atoms with Crippen LogP contribution in [0.15, 0.2) is 59.7 Å². The van der Waals surface area contributed by atoms with E-state index in [1.54, 1.807) is 12.3 Å². The van der Waals surface area contributed by atoms with Crippen LogP contribution in [0, 0.1) is 0 Å². The third-order valence-corrected chi connectivity index (χ3v) is 6.14. The molecule has 7 nitrogen and oxygen atoms in total. The summed E-state index contributed by atoms with van der Waals surface area (Å²) in [5.74, 6) is 0.504. The molecule has 0 unspecified atom stereocenters. The van der Waals surface area contributed by atoms with E-state index in [9.17, 15) is 4.79 Å². The van der Waals surface area contributed by atoms with E-state index in [0.717, 1.165) is 43.0 Å². The van der Waals surface area contributed by atoms with Crippen molar-refractivity contribution < 1.29 is 9.53 Å². The van der Waals surface area contributed by atoms with Crippen LogP contribution in [0.1, 0.15) is 75.3 Å². The zero-order valence-electron chi connectivity index (χ0n) is 21.8. The second kappa shape index (κ2) is 14.7. The summed E-state index contributed by atoms with van der Waals surface area (Å²) in [6.45, 7) is 9.16. The van der Waals surface area contributed by atoms with Crippen LogP contribution in [0.3, 0.4) is 0 Å². The summed E-state index contributed by atoms with van der Waals surface area (Å²) in [6.07, 6.45) is 9.10. The van der Waals surface area contributed by atoms with E-state index >= 15 is 0 Å². The normalized spacial score (nSPS) is 11.1. The molecule has 36 heavy (non-hydrogen) atoms. The topological polar surface area (TPSA) is 82.6 Å². The first-order valence-corrected chi connectivity index (χ1v) is 13.1. The summed E-state index contributed by atoms with van der Waals surface area (Å²) in [5.41, 5.74) is 6.59. The average Bonchev–Trinajstić information content (AvgIpc) is 3.41. The van der Waals surface area contributed by atoms with Crippen molar-refractivity contribution >= 4 is 17.8 Å². The second-order valence-corrected chi connectivity index (χ2v) is 8.77. The SMILES string of the molecule is CCCCCCCCOc1ccc(-c2cc(C(=O)NN=Cc3ccc(N(CC)CC)cc3)[nH]n2)cc1. The number of aromatic nitrogens is 2. The molecule has 0 aliphatic rings. The monoisotopic (exact) mass is 489 g/mol. The third-order valence-electron chi connectivity index (χ3n) is 6.14. The molecule has 7 heteroatoms. The number of carbonyl (C=O) groups is 1. The fourth-order valence-corrected chi connectivity index (χ4v) is 3.97. The first-order valence-electron chi connectivity index (χ1n) is 13.1. The van der Waals surface area contributed by atoms with Crippen molar-refractivity contribution in [1.82, 2.24) is 15.6 Å². The summed E-state index contributed by atoms with van der Waals surface area (Å²) in [4.78, 5) is 14.7. The van der Waals surface area contributed by atoms with Gasteiger partial charge in [0.05, 0.1) is 18.5 Å². The molecule has 2 aromatic carbocycles. The summed E-state index contributed by atoms with van der Waals surface area (Å²) in [6, 6.07) is 17.6. The molecule has 1 heterocycles. The van der Waals surface area contributed by atoms with Gasteiger partial charge in [-0.25, -0.2) is 5.43 Å². The average molecular weight is 490 g/mol. The Kier molecular flexibility index (Phi) is 11.0. The van der Waals surface area contributed by atoms with Gasteiger partial charge in [0.25, 0.3) is 5.91 Å². The van der Waals surface area contributed by atoms with Gasteiger partial charge < -0.3 is 9.64 Å². The van der Waals surface area contributed by atoms with E-state index in [1.165, 1.54) is 37.8 Å². The van der Waals surface area contributed by atoms with Crippen molar-refractivity contribution in [1.29, 1.82) is 0 Å². The van der Waals surface area contributed by atoms with E-state index in [2.05, 4.69) is 58.5 Å². The first-order chi connectivity index (χ1) is 17.6. The van der Waals surface area contributed by atoms with Crippen LogP contribution < -0.4 is 15.1 Å². The molecule has 3 aromatic rings. The minimum Gasteiger partial charge on any atom is -0.494 e. The van der Waals surface area contributed by atoms with Crippen molar-refractivity contribution in [3.63, 3.8) is 0 Å². The molecule has 0 bridgehead atoms. The third kappa shape index (κ3) is 8.26. The minimum absolute atomic E-state index is 0.344. The van der Waals surface area contributed by atoms with Gasteiger partial charge in [-0.05, 0) is 68.3 Å². The van der Waals surface area contributed by atoms with Crippen molar-refractivity contribution in [2.24, 2.45) is 5.10 Å². The predicted molar refractivity (Wildman–Crippen MR) is 148 cm³/mol. The Bertz CT molecular complexity index is 1070. The van der Waals surface area contributed by atoms with E-state index in [0.29, 0.717) is 11.4 Å². The largest absolute Gasteiger partial charge is 0.494 e. The van der Waals surface area contributed by atoms with Crippen molar-refractivity contribution in [3.05, 3.63) is 65.9 Å². The fraction of sp³-hybridized carbons (Fsp3) is 0.414. The van der Waals surface area contributed by atoms with Crippen LogP contribution in [0.2, 0.25) is 0 Å². The Morgan fingerprint density at radius 2 is 1.67 bits per heavy atom. The van der Waals surface area contributed by atoms with Gasteiger partial charge in [-0.2, -0.15) is 10.2 Å². The lowest BCUT2D eigenvalue weighted by molar-refractivity contribution is 0.0950. The van der Waals surface area contributed by atoms with E-state index in [-0.39, 0.29) is 5.91 Å². The lowest BCUT2D eigenvalue weighted by atomic mass is 10.1. The van der Waals surface area contributed by atoms with Gasteiger partial charge in [0.15, 0.2) is 0 Å². The van der Waals surface area contributed by atoms with Gasteiger partial charge in [-0.1, -0.05) is 51.2 Å². The number of H-pyrrole nitrogens is 1. The highest BCUT2D eigenvalue weighted by Crippen LogP contribution is 2.22. The number of hydrogen-bond acceptors (Lipinski definition) is 5. The maximum absolute atomic E-state index is 12.5. The van der Waals surface area contributed by atoms with Crippen LogP contribution >= 0.6 is 0 Å². The highest BCUT2D eigenvalue weighted by atomic mass is 16.5.